The Hall–Kier alpha value is -8.14. The number of rotatable bonds is 12. The monoisotopic (exact) mass is 862 g/mol. The average Bonchev–Trinajstić information content (AvgIpc) is 3.67. The van der Waals surface area contributed by atoms with Crippen LogP contribution in [-0.4, -0.2) is 23.6 Å². The number of nitrogens with zero attached hydrogens (tertiary/aromatic N) is 2. The summed E-state index contributed by atoms with van der Waals surface area (Å²) in [5, 5.41) is 0. The van der Waals surface area contributed by atoms with Gasteiger partial charge in [-0.3, -0.25) is 19.2 Å². The smallest absolute Gasteiger partial charge is 0.344 e. The third kappa shape index (κ3) is 8.08. The molecule has 10 nitrogen and oxygen atoms in total. The second-order valence-corrected chi connectivity index (χ2v) is 14.4. The Morgan fingerprint density at radius 1 is 0.397 bits per heavy atom. The molecule has 0 saturated heterocycles. The lowest BCUT2D eigenvalue weighted by molar-refractivity contribution is 0.0910. The molecule has 0 N–H and O–H groups in total. The summed E-state index contributed by atoms with van der Waals surface area (Å²) in [6.07, 6.45) is -5.26. The van der Waals surface area contributed by atoms with E-state index >= 15 is 0 Å². The van der Waals surface area contributed by atoms with Gasteiger partial charge in [0.15, 0.2) is 0 Å². The van der Waals surface area contributed by atoms with E-state index < -0.39 is 53.2 Å². The number of amides is 4. The van der Waals surface area contributed by atoms with Gasteiger partial charge in [0, 0.05) is 5.41 Å². The van der Waals surface area contributed by atoms with E-state index in [1.54, 1.807) is 36.4 Å². The van der Waals surface area contributed by atoms with E-state index in [0.717, 1.165) is 45.2 Å². The summed E-state index contributed by atoms with van der Waals surface area (Å²) in [6.45, 7) is 4.06. The minimum Gasteiger partial charge on any atom is -0.457 e. The molecule has 8 rings (SSSR count). The molecule has 63 heavy (non-hydrogen) atoms. The quantitative estimate of drug-likeness (QED) is 0.0679. The molecule has 2 heterocycles. The van der Waals surface area contributed by atoms with E-state index in [2.05, 4.69) is 9.47 Å². The normalized spacial score (nSPS) is 13.1. The molecule has 0 bridgehead atoms. The van der Waals surface area contributed by atoms with Gasteiger partial charge in [-0.2, -0.15) is 26.3 Å². The van der Waals surface area contributed by atoms with E-state index in [4.69, 9.17) is 9.47 Å². The molecule has 2 aliphatic rings. The highest BCUT2D eigenvalue weighted by atomic mass is 19.3. The lowest BCUT2D eigenvalue weighted by Gasteiger charge is -2.26. The van der Waals surface area contributed by atoms with Crippen LogP contribution in [0.5, 0.6) is 34.5 Å². The second-order valence-electron chi connectivity index (χ2n) is 14.4. The summed E-state index contributed by atoms with van der Waals surface area (Å²) in [6, 6.07) is 29.0. The number of halogens is 6. The molecule has 0 unspecified atom stereocenters. The zero-order valence-corrected chi connectivity index (χ0v) is 32.6. The van der Waals surface area contributed by atoms with Crippen LogP contribution in [0.4, 0.5) is 37.7 Å². The molecule has 316 valence electrons. The first-order chi connectivity index (χ1) is 30.1. The molecule has 0 aromatic heterocycles. The number of ether oxygens (including phenoxy) is 4. The van der Waals surface area contributed by atoms with Crippen molar-refractivity contribution in [3.05, 3.63) is 191 Å². The van der Waals surface area contributed by atoms with E-state index in [9.17, 15) is 45.5 Å². The number of hydrogen-bond donors (Lipinski definition) is 0. The number of carbonyl (C=O) groups is 4. The van der Waals surface area contributed by atoms with Crippen molar-refractivity contribution in [1.29, 1.82) is 0 Å². The Bertz CT molecular complexity index is 2690. The van der Waals surface area contributed by atoms with Crippen molar-refractivity contribution in [1.82, 2.24) is 0 Å². The minimum absolute atomic E-state index is 0.0873. The van der Waals surface area contributed by atoms with Gasteiger partial charge in [-0.25, -0.2) is 9.80 Å². The third-order valence-electron chi connectivity index (χ3n) is 10.2. The molecule has 0 atom stereocenters. The van der Waals surface area contributed by atoms with Gasteiger partial charge >= 0.3 is 24.2 Å². The Morgan fingerprint density at radius 2 is 0.698 bits per heavy atom. The van der Waals surface area contributed by atoms with E-state index in [1.165, 1.54) is 48.5 Å². The number of fused-ring (bicyclic) bond motifs is 2. The van der Waals surface area contributed by atoms with Crippen molar-refractivity contribution in [2.24, 2.45) is 0 Å². The Labute approximate surface area is 353 Å². The van der Waals surface area contributed by atoms with Gasteiger partial charge in [0.1, 0.15) is 34.5 Å². The van der Waals surface area contributed by atoms with Crippen molar-refractivity contribution in [3.63, 3.8) is 0 Å². The van der Waals surface area contributed by atoms with Crippen molar-refractivity contribution in [2.45, 2.75) is 19.3 Å². The first-order valence-electron chi connectivity index (χ1n) is 18.7. The molecule has 16 heteroatoms. The highest BCUT2D eigenvalue weighted by Gasteiger charge is 2.38. The van der Waals surface area contributed by atoms with Crippen LogP contribution in [-0.2, 0) is 5.41 Å². The standard InChI is InChI=1S/C47H28F6N2O8/c1-47(2,25-3-11-29(12-4-25)60-33-19-21-35-37(23-33)45(58)54(43(35)56)27-7-15-31(16-8-27)62-41(52)39(48)49)26-5-13-30(14-6-26)61-34-20-22-36-38(24-34)46(59)55(44(36)57)28-9-17-32(18-10-28)63-42(53)40(50)51/h3-24H,1-2H3. The molecule has 6 aromatic carbocycles. The molecule has 0 fully saturated rings. The third-order valence-corrected chi connectivity index (χ3v) is 10.2. The second kappa shape index (κ2) is 16.4. The molecular weight excluding hydrogens is 835 g/mol. The first kappa shape index (κ1) is 41.6. The van der Waals surface area contributed by atoms with Gasteiger partial charge < -0.3 is 18.9 Å². The van der Waals surface area contributed by atoms with Crippen LogP contribution in [0.25, 0.3) is 0 Å². The maximum absolute atomic E-state index is 13.3. The predicted molar refractivity (Wildman–Crippen MR) is 215 cm³/mol. The Balaban J connectivity index is 0.900. The van der Waals surface area contributed by atoms with Crippen molar-refractivity contribution in [2.75, 3.05) is 9.80 Å². The molecular formula is C47H28F6N2O8. The maximum atomic E-state index is 13.3. The fourth-order valence-corrected chi connectivity index (χ4v) is 6.96. The number of anilines is 2. The summed E-state index contributed by atoms with van der Waals surface area (Å²) in [7, 11) is 0. The lowest BCUT2D eigenvalue weighted by Crippen LogP contribution is -2.29. The first-order valence-corrected chi connectivity index (χ1v) is 18.7. The van der Waals surface area contributed by atoms with Crippen LogP contribution < -0.4 is 28.7 Å². The van der Waals surface area contributed by atoms with Crippen LogP contribution in [0.3, 0.4) is 0 Å². The summed E-state index contributed by atoms with van der Waals surface area (Å²) in [5.41, 5.74) is 2.05. The summed E-state index contributed by atoms with van der Waals surface area (Å²) < 4.78 is 96.9. The zero-order chi connectivity index (χ0) is 44.7. The molecule has 0 spiro atoms. The molecule has 0 radical (unpaired) electrons. The average molecular weight is 863 g/mol. The van der Waals surface area contributed by atoms with Crippen LogP contribution in [0.1, 0.15) is 66.4 Å². The zero-order valence-electron chi connectivity index (χ0n) is 32.6. The molecule has 0 aliphatic carbocycles. The lowest BCUT2D eigenvalue weighted by atomic mass is 9.78. The largest absolute Gasteiger partial charge is 0.457 e. The predicted octanol–water partition coefficient (Wildman–Crippen LogP) is 12.0. The Morgan fingerprint density at radius 3 is 1.03 bits per heavy atom. The van der Waals surface area contributed by atoms with Crippen LogP contribution in [0, 0.1) is 0 Å². The van der Waals surface area contributed by atoms with Gasteiger partial charge in [-0.05, 0) is 120 Å². The minimum atomic E-state index is -2.63. The topological polar surface area (TPSA) is 112 Å². The number of hydrogen-bond acceptors (Lipinski definition) is 8. The maximum Gasteiger partial charge on any atom is 0.344 e. The highest BCUT2D eigenvalue weighted by molar-refractivity contribution is 6.35. The van der Waals surface area contributed by atoms with E-state index in [-0.39, 0.29) is 45.1 Å². The van der Waals surface area contributed by atoms with Crippen LogP contribution in [0.2, 0.25) is 0 Å². The summed E-state index contributed by atoms with van der Waals surface area (Å²) in [5.74, 6) is -1.53. The Kier molecular flexibility index (Phi) is 10.8. The van der Waals surface area contributed by atoms with Crippen molar-refractivity contribution < 1.29 is 64.5 Å². The highest BCUT2D eigenvalue weighted by Crippen LogP contribution is 2.38. The summed E-state index contributed by atoms with van der Waals surface area (Å²) in [4.78, 5) is 54.7. The van der Waals surface area contributed by atoms with Gasteiger partial charge in [0.25, 0.3) is 23.6 Å². The van der Waals surface area contributed by atoms with Crippen molar-refractivity contribution >= 4 is 35.0 Å². The SMILES string of the molecule is CC(C)(c1ccc(Oc2ccc3c(c2)C(=O)N(c2ccc(OC(F)=C(F)F)cc2)C3=O)cc1)c1ccc(Oc2ccc3c(c2)C(=O)N(c2ccc(OC(F)=C(F)F)cc2)C3=O)cc1. The molecule has 6 aromatic rings. The van der Waals surface area contributed by atoms with Gasteiger partial charge in [-0.1, -0.05) is 38.1 Å². The number of benzene rings is 6. The molecule has 2 aliphatic heterocycles. The molecule has 0 saturated carbocycles. The number of carbonyl (C=O) groups excluding carboxylic acids is 4. The molecule has 4 amide bonds. The van der Waals surface area contributed by atoms with Crippen molar-refractivity contribution in [3.8, 4) is 34.5 Å². The van der Waals surface area contributed by atoms with Crippen LogP contribution >= 0.6 is 0 Å². The number of imide groups is 2. The van der Waals surface area contributed by atoms with E-state index in [0.29, 0.717) is 23.0 Å². The summed E-state index contributed by atoms with van der Waals surface area (Å²) >= 11 is 0. The van der Waals surface area contributed by atoms with Gasteiger partial charge in [0.05, 0.1) is 33.6 Å². The fraction of sp³-hybridized carbons (Fsp3) is 0.0638. The van der Waals surface area contributed by atoms with Gasteiger partial charge in [0.2, 0.25) is 0 Å². The van der Waals surface area contributed by atoms with E-state index in [1.807, 2.05) is 38.1 Å². The fourth-order valence-electron chi connectivity index (χ4n) is 6.96. The van der Waals surface area contributed by atoms with Crippen LogP contribution in [0.15, 0.2) is 158 Å². The van der Waals surface area contributed by atoms with Gasteiger partial charge in [-0.15, -0.1) is 0 Å².